The molecule has 0 aliphatic heterocycles. The van der Waals surface area contributed by atoms with Crippen LogP contribution in [0, 0.1) is 0 Å². The van der Waals surface area contributed by atoms with Gasteiger partial charge in [-0.05, 0) is 31.5 Å². The van der Waals surface area contributed by atoms with Crippen LogP contribution in [0.3, 0.4) is 0 Å². The molecule has 0 bridgehead atoms. The number of hydrogen-bond acceptors (Lipinski definition) is 5. The lowest BCUT2D eigenvalue weighted by Gasteiger charge is -2.42. The highest BCUT2D eigenvalue weighted by Crippen LogP contribution is 2.25. The smallest absolute Gasteiger partial charge is 0.320 e. The summed E-state index contributed by atoms with van der Waals surface area (Å²) in [4.78, 5) is 26.3. The van der Waals surface area contributed by atoms with Gasteiger partial charge in [-0.15, -0.1) is 9.90 Å². The molecular weight excluding hydrogens is 336 g/mol. The lowest BCUT2D eigenvalue weighted by atomic mass is 9.85. The van der Waals surface area contributed by atoms with Crippen LogP contribution in [0.2, 0.25) is 0 Å². The number of aliphatic carboxylic acids is 1. The third kappa shape index (κ3) is 4.37. The average molecular weight is 358 g/mol. The Morgan fingerprint density at radius 1 is 1.31 bits per heavy atom. The van der Waals surface area contributed by atoms with Gasteiger partial charge < -0.3 is 10.4 Å². The number of carboxylic acids is 1. The maximum atomic E-state index is 12.1. The summed E-state index contributed by atoms with van der Waals surface area (Å²) in [5.41, 5.74) is 0.806. The van der Waals surface area contributed by atoms with E-state index in [1.807, 2.05) is 42.2 Å². The zero-order valence-corrected chi connectivity index (χ0v) is 14.5. The van der Waals surface area contributed by atoms with Crippen molar-refractivity contribution in [3.8, 4) is 5.69 Å². The number of carboxylic acid groups (broad SMARTS) is 1. The van der Waals surface area contributed by atoms with Gasteiger partial charge in [-0.3, -0.25) is 15.0 Å². The molecule has 1 saturated carbocycles. The Hall–Kier alpha value is -2.94. The minimum atomic E-state index is -0.831. The van der Waals surface area contributed by atoms with Crippen LogP contribution in [0.1, 0.15) is 19.8 Å². The normalized spacial score (nSPS) is 19.0. The fourth-order valence-electron chi connectivity index (χ4n) is 3.02. The largest absolute Gasteiger partial charge is 0.480 e. The Morgan fingerprint density at radius 3 is 2.69 bits per heavy atom. The number of urea groups is 1. The van der Waals surface area contributed by atoms with Crippen molar-refractivity contribution in [3.63, 3.8) is 0 Å². The number of nitrogens with zero attached hydrogens (tertiary/aromatic N) is 4. The van der Waals surface area contributed by atoms with Gasteiger partial charge in [0.1, 0.15) is 0 Å². The molecule has 0 radical (unpaired) electrons. The van der Waals surface area contributed by atoms with Crippen molar-refractivity contribution in [2.75, 3.05) is 18.4 Å². The maximum Gasteiger partial charge on any atom is 0.320 e. The van der Waals surface area contributed by atoms with Crippen molar-refractivity contribution in [2.24, 2.45) is 0 Å². The van der Waals surface area contributed by atoms with Gasteiger partial charge in [0.05, 0.1) is 18.4 Å². The van der Waals surface area contributed by atoms with Gasteiger partial charge in [-0.2, -0.15) is 5.10 Å². The number of aromatic nitrogens is 3. The van der Waals surface area contributed by atoms with E-state index in [-0.39, 0.29) is 24.7 Å². The summed E-state index contributed by atoms with van der Waals surface area (Å²) in [6, 6.07) is 9.30. The molecule has 0 saturated heterocycles. The molecule has 3 N–H and O–H groups in total. The molecule has 9 heteroatoms. The first-order valence-corrected chi connectivity index (χ1v) is 8.56. The molecule has 1 aromatic carbocycles. The molecule has 9 nitrogen and oxygen atoms in total. The molecule has 2 aromatic rings. The van der Waals surface area contributed by atoms with Crippen LogP contribution in [0.15, 0.2) is 36.5 Å². The van der Waals surface area contributed by atoms with Gasteiger partial charge in [-0.1, -0.05) is 25.1 Å². The first kappa shape index (κ1) is 17.9. The van der Waals surface area contributed by atoms with Crippen LogP contribution in [0.5, 0.6) is 0 Å². The maximum absolute atomic E-state index is 12.1. The van der Waals surface area contributed by atoms with Gasteiger partial charge in [0.15, 0.2) is 5.82 Å². The van der Waals surface area contributed by atoms with Crippen LogP contribution in [0.4, 0.5) is 10.6 Å². The number of likely N-dealkylation sites (N-methyl/N-ethyl adjacent to an activating group) is 1. The number of para-hydroxylation sites is 1. The molecular formula is C17H22N6O3. The number of carbonyl (C=O) groups is 2. The lowest BCUT2D eigenvalue weighted by Crippen LogP contribution is -2.55. The quantitative estimate of drug-likeness (QED) is 0.688. The van der Waals surface area contributed by atoms with E-state index in [0.29, 0.717) is 12.4 Å². The fourth-order valence-corrected chi connectivity index (χ4v) is 3.02. The molecule has 1 aliphatic carbocycles. The van der Waals surface area contributed by atoms with Gasteiger partial charge in [0, 0.05) is 12.1 Å². The zero-order valence-electron chi connectivity index (χ0n) is 14.5. The molecule has 1 fully saturated rings. The predicted molar refractivity (Wildman–Crippen MR) is 95.2 cm³/mol. The third-order valence-corrected chi connectivity index (χ3v) is 4.43. The number of anilines is 1. The zero-order chi connectivity index (χ0) is 18.5. The van der Waals surface area contributed by atoms with Gasteiger partial charge in [0.25, 0.3) is 0 Å². The van der Waals surface area contributed by atoms with Crippen molar-refractivity contribution in [1.82, 2.24) is 25.2 Å². The van der Waals surface area contributed by atoms with E-state index in [1.54, 1.807) is 0 Å². The van der Waals surface area contributed by atoms with Crippen LogP contribution >= 0.6 is 0 Å². The van der Waals surface area contributed by atoms with E-state index in [2.05, 4.69) is 20.8 Å². The number of rotatable bonds is 7. The fraction of sp³-hybridized carbons (Fsp3) is 0.412. The van der Waals surface area contributed by atoms with E-state index < -0.39 is 5.97 Å². The van der Waals surface area contributed by atoms with Crippen LogP contribution in [-0.4, -0.2) is 62.2 Å². The third-order valence-electron chi connectivity index (χ3n) is 4.43. The van der Waals surface area contributed by atoms with Crippen LogP contribution in [-0.2, 0) is 4.79 Å². The van der Waals surface area contributed by atoms with Crippen molar-refractivity contribution in [3.05, 3.63) is 36.5 Å². The van der Waals surface area contributed by atoms with Gasteiger partial charge in [-0.25, -0.2) is 4.79 Å². The molecule has 0 atom stereocenters. The highest BCUT2D eigenvalue weighted by Gasteiger charge is 2.34. The summed E-state index contributed by atoms with van der Waals surface area (Å²) in [6.45, 7) is 2.65. The number of amides is 2. The second kappa shape index (κ2) is 7.96. The number of benzene rings is 1. The minimum absolute atomic E-state index is 0.0304. The SMILES string of the molecule is CCN(CC(=O)O)C1CC(NC(=O)Nc2cnn(-c3ccccc3)n2)C1. The van der Waals surface area contributed by atoms with Crippen LogP contribution in [0.25, 0.3) is 5.69 Å². The van der Waals surface area contributed by atoms with Gasteiger partial charge >= 0.3 is 12.0 Å². The predicted octanol–water partition coefficient (Wildman–Crippen LogP) is 1.33. The van der Waals surface area contributed by atoms with Gasteiger partial charge in [0.2, 0.25) is 0 Å². The Balaban J connectivity index is 1.46. The summed E-state index contributed by atoms with van der Waals surface area (Å²) in [6.07, 6.45) is 2.97. The molecule has 0 unspecified atom stereocenters. The average Bonchev–Trinajstić information content (AvgIpc) is 3.05. The van der Waals surface area contributed by atoms with Crippen molar-refractivity contribution in [2.45, 2.75) is 31.8 Å². The number of carbonyl (C=O) groups excluding carboxylic acids is 1. The summed E-state index contributed by atoms with van der Waals surface area (Å²) in [5, 5.41) is 22.8. The standard InChI is InChI=1S/C17H22N6O3/c1-2-22(11-16(24)25)14-8-12(9-14)19-17(26)20-15-10-18-23(21-15)13-6-4-3-5-7-13/h3-7,10,12,14H,2,8-9,11H2,1H3,(H,24,25)(H2,19,20,21,26). The Morgan fingerprint density at radius 2 is 2.04 bits per heavy atom. The molecule has 138 valence electrons. The van der Waals surface area contributed by atoms with E-state index in [0.717, 1.165) is 18.5 Å². The molecule has 0 spiro atoms. The van der Waals surface area contributed by atoms with Crippen molar-refractivity contribution >= 4 is 17.8 Å². The summed E-state index contributed by atoms with van der Waals surface area (Å²) in [5.74, 6) is -0.467. The number of nitrogens with one attached hydrogen (secondary N) is 2. The second-order valence-electron chi connectivity index (χ2n) is 6.23. The summed E-state index contributed by atoms with van der Waals surface area (Å²) >= 11 is 0. The lowest BCUT2D eigenvalue weighted by molar-refractivity contribution is -0.139. The molecule has 1 aromatic heterocycles. The number of hydrogen-bond donors (Lipinski definition) is 3. The summed E-state index contributed by atoms with van der Waals surface area (Å²) < 4.78 is 0. The monoisotopic (exact) mass is 358 g/mol. The Labute approximate surface area is 151 Å². The first-order chi connectivity index (χ1) is 12.5. The first-order valence-electron chi connectivity index (χ1n) is 8.56. The second-order valence-corrected chi connectivity index (χ2v) is 6.23. The minimum Gasteiger partial charge on any atom is -0.480 e. The van der Waals surface area contributed by atoms with E-state index in [1.165, 1.54) is 11.0 Å². The Kier molecular flexibility index (Phi) is 5.47. The van der Waals surface area contributed by atoms with E-state index in [4.69, 9.17) is 5.11 Å². The molecule has 26 heavy (non-hydrogen) atoms. The highest BCUT2D eigenvalue weighted by molar-refractivity contribution is 5.88. The van der Waals surface area contributed by atoms with E-state index in [9.17, 15) is 9.59 Å². The summed E-state index contributed by atoms with van der Waals surface area (Å²) in [7, 11) is 0. The van der Waals surface area contributed by atoms with Crippen molar-refractivity contribution < 1.29 is 14.7 Å². The molecule has 3 rings (SSSR count). The molecule has 2 amide bonds. The molecule has 1 aliphatic rings. The van der Waals surface area contributed by atoms with Crippen LogP contribution < -0.4 is 10.6 Å². The Bertz CT molecular complexity index is 757. The molecule has 1 heterocycles. The van der Waals surface area contributed by atoms with Crippen molar-refractivity contribution in [1.29, 1.82) is 0 Å². The topological polar surface area (TPSA) is 112 Å². The highest BCUT2D eigenvalue weighted by atomic mass is 16.4. The van der Waals surface area contributed by atoms with E-state index >= 15 is 0 Å².